The quantitative estimate of drug-likeness (QED) is 0.783. The number of aromatic nitrogens is 3. The molecular formula is C15H18N4S. The van der Waals surface area contributed by atoms with Gasteiger partial charge in [0.15, 0.2) is 0 Å². The van der Waals surface area contributed by atoms with E-state index in [0.29, 0.717) is 0 Å². The van der Waals surface area contributed by atoms with Gasteiger partial charge in [0, 0.05) is 18.5 Å². The fourth-order valence-electron chi connectivity index (χ4n) is 2.41. The molecule has 104 valence electrons. The summed E-state index contributed by atoms with van der Waals surface area (Å²) in [5.41, 5.74) is 3.37. The highest BCUT2D eigenvalue weighted by Gasteiger charge is 2.08. The summed E-state index contributed by atoms with van der Waals surface area (Å²) < 4.78 is 2.26. The van der Waals surface area contributed by atoms with E-state index in [2.05, 4.69) is 45.4 Å². The third kappa shape index (κ3) is 2.59. The molecule has 0 aliphatic heterocycles. The lowest BCUT2D eigenvalue weighted by Gasteiger charge is -2.06. The average Bonchev–Trinajstić information content (AvgIpc) is 3.02. The van der Waals surface area contributed by atoms with Crippen LogP contribution in [0, 0.1) is 6.92 Å². The predicted octanol–water partition coefficient (Wildman–Crippen LogP) is 3.11. The van der Waals surface area contributed by atoms with Gasteiger partial charge < -0.3 is 9.88 Å². The van der Waals surface area contributed by atoms with Crippen LogP contribution in [-0.4, -0.2) is 14.5 Å². The largest absolute Gasteiger partial charge is 0.327 e. The van der Waals surface area contributed by atoms with Crippen LogP contribution in [0.5, 0.6) is 0 Å². The Bertz CT molecular complexity index is 714. The lowest BCUT2D eigenvalue weighted by Crippen LogP contribution is -2.16. The molecule has 0 unspecified atom stereocenters. The summed E-state index contributed by atoms with van der Waals surface area (Å²) in [6.07, 6.45) is 0. The maximum absolute atomic E-state index is 4.70. The standard InChI is InChI=1S/C15H18N4S/c1-3-19-14-7-5-4-6-13(14)18-15(19)9-16-8-12-10-20-11(2)17-12/h4-7,10,16H,3,8-9H2,1-2H3. The molecular weight excluding hydrogens is 268 g/mol. The first-order chi connectivity index (χ1) is 9.78. The third-order valence-corrected chi connectivity index (χ3v) is 4.13. The number of hydrogen-bond acceptors (Lipinski definition) is 4. The fourth-order valence-corrected chi connectivity index (χ4v) is 3.02. The minimum absolute atomic E-state index is 0.763. The Morgan fingerprint density at radius 2 is 2.05 bits per heavy atom. The zero-order chi connectivity index (χ0) is 13.9. The van der Waals surface area contributed by atoms with E-state index in [1.54, 1.807) is 11.3 Å². The van der Waals surface area contributed by atoms with Crippen molar-refractivity contribution in [1.29, 1.82) is 0 Å². The number of thiazole rings is 1. The Morgan fingerprint density at radius 3 is 2.80 bits per heavy atom. The van der Waals surface area contributed by atoms with Crippen LogP contribution in [0.3, 0.4) is 0 Å². The van der Waals surface area contributed by atoms with Crippen LogP contribution < -0.4 is 5.32 Å². The molecule has 0 atom stereocenters. The molecule has 20 heavy (non-hydrogen) atoms. The van der Waals surface area contributed by atoms with Gasteiger partial charge >= 0.3 is 0 Å². The number of rotatable bonds is 5. The Hall–Kier alpha value is -1.72. The predicted molar refractivity (Wildman–Crippen MR) is 82.8 cm³/mol. The van der Waals surface area contributed by atoms with Crippen LogP contribution in [0.15, 0.2) is 29.6 Å². The Labute approximate surface area is 122 Å². The summed E-state index contributed by atoms with van der Waals surface area (Å²) in [6.45, 7) is 6.68. The van der Waals surface area contributed by atoms with Crippen molar-refractivity contribution in [2.45, 2.75) is 33.5 Å². The van der Waals surface area contributed by atoms with Crippen LogP contribution in [0.4, 0.5) is 0 Å². The Morgan fingerprint density at radius 1 is 1.20 bits per heavy atom. The second kappa shape index (κ2) is 5.73. The number of hydrogen-bond donors (Lipinski definition) is 1. The molecule has 2 heterocycles. The van der Waals surface area contributed by atoms with Crippen molar-refractivity contribution in [3.8, 4) is 0 Å². The molecule has 2 aromatic heterocycles. The van der Waals surface area contributed by atoms with E-state index in [1.807, 2.05) is 13.0 Å². The molecule has 0 amide bonds. The van der Waals surface area contributed by atoms with Crippen molar-refractivity contribution in [3.05, 3.63) is 46.2 Å². The van der Waals surface area contributed by atoms with Gasteiger partial charge in [-0.2, -0.15) is 0 Å². The first-order valence-electron chi connectivity index (χ1n) is 6.84. The molecule has 4 nitrogen and oxygen atoms in total. The van der Waals surface area contributed by atoms with Crippen molar-refractivity contribution in [2.75, 3.05) is 0 Å². The molecule has 0 spiro atoms. The van der Waals surface area contributed by atoms with Crippen LogP contribution in [-0.2, 0) is 19.6 Å². The molecule has 0 radical (unpaired) electrons. The summed E-state index contributed by atoms with van der Waals surface area (Å²) in [6, 6.07) is 8.28. The lowest BCUT2D eigenvalue weighted by atomic mass is 10.3. The number of nitrogens with one attached hydrogen (secondary N) is 1. The highest BCUT2D eigenvalue weighted by molar-refractivity contribution is 7.09. The molecule has 0 bridgehead atoms. The second-order valence-corrected chi connectivity index (χ2v) is 5.78. The number of aryl methyl sites for hydroxylation is 2. The highest BCUT2D eigenvalue weighted by atomic mass is 32.1. The minimum atomic E-state index is 0.763. The van der Waals surface area contributed by atoms with Crippen LogP contribution in [0.2, 0.25) is 0 Å². The molecule has 0 aliphatic rings. The third-order valence-electron chi connectivity index (χ3n) is 3.31. The summed E-state index contributed by atoms with van der Waals surface area (Å²) in [7, 11) is 0. The first-order valence-corrected chi connectivity index (χ1v) is 7.71. The zero-order valence-corrected chi connectivity index (χ0v) is 12.6. The summed E-state index contributed by atoms with van der Waals surface area (Å²) in [5.74, 6) is 1.08. The molecule has 0 fully saturated rings. The minimum Gasteiger partial charge on any atom is -0.327 e. The molecule has 0 aliphatic carbocycles. The number of nitrogens with zero attached hydrogens (tertiary/aromatic N) is 3. The van der Waals surface area contributed by atoms with Gasteiger partial charge in [0.2, 0.25) is 0 Å². The van der Waals surface area contributed by atoms with E-state index < -0.39 is 0 Å². The van der Waals surface area contributed by atoms with E-state index in [4.69, 9.17) is 4.98 Å². The van der Waals surface area contributed by atoms with Gasteiger partial charge in [-0.15, -0.1) is 11.3 Å². The average molecular weight is 286 g/mol. The van der Waals surface area contributed by atoms with Crippen molar-refractivity contribution < 1.29 is 0 Å². The van der Waals surface area contributed by atoms with E-state index in [0.717, 1.165) is 41.7 Å². The van der Waals surface area contributed by atoms with E-state index >= 15 is 0 Å². The van der Waals surface area contributed by atoms with E-state index in [9.17, 15) is 0 Å². The Balaban J connectivity index is 1.73. The topological polar surface area (TPSA) is 42.7 Å². The number of para-hydroxylation sites is 2. The van der Waals surface area contributed by atoms with Crippen LogP contribution >= 0.6 is 11.3 Å². The van der Waals surface area contributed by atoms with Crippen LogP contribution in [0.1, 0.15) is 23.4 Å². The molecule has 0 saturated carbocycles. The Kier molecular flexibility index (Phi) is 3.80. The second-order valence-electron chi connectivity index (χ2n) is 4.72. The molecule has 1 aromatic carbocycles. The number of imidazole rings is 1. The summed E-state index contributed by atoms with van der Waals surface area (Å²) in [5, 5.41) is 6.64. The highest BCUT2D eigenvalue weighted by Crippen LogP contribution is 2.16. The SMILES string of the molecule is CCn1c(CNCc2csc(C)n2)nc2ccccc21. The van der Waals surface area contributed by atoms with Crippen molar-refractivity contribution in [2.24, 2.45) is 0 Å². The number of benzene rings is 1. The molecule has 0 saturated heterocycles. The normalized spacial score (nSPS) is 11.3. The van der Waals surface area contributed by atoms with Gasteiger partial charge in [0.05, 0.1) is 28.3 Å². The lowest BCUT2D eigenvalue weighted by molar-refractivity contribution is 0.615. The van der Waals surface area contributed by atoms with Gasteiger partial charge in [-0.3, -0.25) is 0 Å². The van der Waals surface area contributed by atoms with Crippen LogP contribution in [0.25, 0.3) is 11.0 Å². The fraction of sp³-hybridized carbons (Fsp3) is 0.333. The maximum atomic E-state index is 4.70. The van der Waals surface area contributed by atoms with Gasteiger partial charge in [-0.1, -0.05) is 12.1 Å². The van der Waals surface area contributed by atoms with Crippen molar-refractivity contribution >= 4 is 22.4 Å². The smallest absolute Gasteiger partial charge is 0.123 e. The molecule has 3 aromatic rings. The van der Waals surface area contributed by atoms with Gasteiger partial charge in [-0.05, 0) is 26.0 Å². The molecule has 1 N–H and O–H groups in total. The van der Waals surface area contributed by atoms with Gasteiger partial charge in [0.1, 0.15) is 5.82 Å². The monoisotopic (exact) mass is 286 g/mol. The van der Waals surface area contributed by atoms with Crippen molar-refractivity contribution in [3.63, 3.8) is 0 Å². The van der Waals surface area contributed by atoms with E-state index in [-0.39, 0.29) is 0 Å². The summed E-state index contributed by atoms with van der Waals surface area (Å²) in [4.78, 5) is 9.16. The maximum Gasteiger partial charge on any atom is 0.123 e. The number of fused-ring (bicyclic) bond motifs is 1. The van der Waals surface area contributed by atoms with Gasteiger partial charge in [-0.25, -0.2) is 9.97 Å². The molecule has 3 rings (SSSR count). The van der Waals surface area contributed by atoms with Crippen molar-refractivity contribution in [1.82, 2.24) is 19.9 Å². The first kappa shape index (κ1) is 13.3. The molecule has 5 heteroatoms. The van der Waals surface area contributed by atoms with Gasteiger partial charge in [0.25, 0.3) is 0 Å². The zero-order valence-electron chi connectivity index (χ0n) is 11.8. The van der Waals surface area contributed by atoms with E-state index in [1.165, 1.54) is 5.52 Å². The summed E-state index contributed by atoms with van der Waals surface area (Å²) >= 11 is 1.69.